The van der Waals surface area contributed by atoms with Crippen LogP contribution in [0.4, 0.5) is 4.39 Å². The Hall–Kier alpha value is -1.89. The molecule has 21 heavy (non-hydrogen) atoms. The number of fused-ring (bicyclic) bond motifs is 1. The average molecular weight is 361 g/mol. The van der Waals surface area contributed by atoms with Gasteiger partial charge in [-0.1, -0.05) is 23.4 Å². The minimum absolute atomic E-state index is 0.287. The van der Waals surface area contributed by atoms with Gasteiger partial charge in [-0.25, -0.2) is 4.39 Å². The van der Waals surface area contributed by atoms with Gasteiger partial charge in [-0.05, 0) is 58.4 Å². The molecule has 0 fully saturated rings. The van der Waals surface area contributed by atoms with E-state index in [1.807, 2.05) is 24.3 Å². The highest BCUT2D eigenvalue weighted by Gasteiger charge is 2.00. The van der Waals surface area contributed by atoms with E-state index in [0.717, 1.165) is 20.9 Å². The number of halogens is 3. The van der Waals surface area contributed by atoms with Crippen molar-refractivity contribution < 1.29 is 4.39 Å². The van der Waals surface area contributed by atoms with Gasteiger partial charge >= 0.3 is 0 Å². The lowest BCUT2D eigenvalue weighted by Crippen LogP contribution is -1.84. The van der Waals surface area contributed by atoms with E-state index in [-0.39, 0.29) is 11.4 Å². The zero-order chi connectivity index (χ0) is 14.8. The second-order valence-corrected chi connectivity index (χ2v) is 5.79. The molecule has 1 heterocycles. The molecule has 1 nitrogen and oxygen atoms in total. The minimum atomic E-state index is -0.378. The second kappa shape index (κ2) is 5.85. The fourth-order valence-corrected chi connectivity index (χ4v) is 2.44. The SMILES string of the molecule is Fc1ccc(Cl)cc1C#Cc1ccc2ncc(Br)cc2c1. The van der Waals surface area contributed by atoms with Crippen LogP contribution in [0.25, 0.3) is 10.9 Å². The van der Waals surface area contributed by atoms with Gasteiger partial charge < -0.3 is 0 Å². The van der Waals surface area contributed by atoms with E-state index in [4.69, 9.17) is 11.6 Å². The van der Waals surface area contributed by atoms with Gasteiger partial charge in [0.05, 0.1) is 11.1 Å². The lowest BCUT2D eigenvalue weighted by Gasteiger charge is -1.99. The minimum Gasteiger partial charge on any atom is -0.255 e. The van der Waals surface area contributed by atoms with Crippen LogP contribution in [-0.2, 0) is 0 Å². The zero-order valence-electron chi connectivity index (χ0n) is 10.7. The Morgan fingerprint density at radius 3 is 2.76 bits per heavy atom. The molecule has 0 N–H and O–H groups in total. The average Bonchev–Trinajstić information content (AvgIpc) is 2.47. The van der Waals surface area contributed by atoms with Crippen LogP contribution in [0.15, 0.2) is 53.1 Å². The monoisotopic (exact) mass is 359 g/mol. The highest BCUT2D eigenvalue weighted by Crippen LogP contribution is 2.19. The molecule has 0 unspecified atom stereocenters. The summed E-state index contributed by atoms with van der Waals surface area (Å²) in [5.74, 6) is 5.38. The van der Waals surface area contributed by atoms with Crippen LogP contribution >= 0.6 is 27.5 Å². The van der Waals surface area contributed by atoms with E-state index >= 15 is 0 Å². The number of benzene rings is 2. The van der Waals surface area contributed by atoms with Crippen LogP contribution in [-0.4, -0.2) is 4.98 Å². The molecule has 1 aromatic heterocycles. The third kappa shape index (κ3) is 3.24. The maximum Gasteiger partial charge on any atom is 0.138 e. The van der Waals surface area contributed by atoms with Gasteiger partial charge in [0.25, 0.3) is 0 Å². The van der Waals surface area contributed by atoms with Crippen LogP contribution < -0.4 is 0 Å². The first kappa shape index (κ1) is 14.1. The van der Waals surface area contributed by atoms with Gasteiger partial charge in [-0.2, -0.15) is 0 Å². The number of rotatable bonds is 0. The van der Waals surface area contributed by atoms with E-state index in [2.05, 4.69) is 32.8 Å². The second-order valence-electron chi connectivity index (χ2n) is 4.44. The fraction of sp³-hybridized carbons (Fsp3) is 0. The number of hydrogen-bond acceptors (Lipinski definition) is 1. The van der Waals surface area contributed by atoms with Crippen LogP contribution in [0.2, 0.25) is 5.02 Å². The van der Waals surface area contributed by atoms with Crippen LogP contribution in [0.5, 0.6) is 0 Å². The highest BCUT2D eigenvalue weighted by molar-refractivity contribution is 9.10. The first-order chi connectivity index (χ1) is 10.1. The van der Waals surface area contributed by atoms with Crippen molar-refractivity contribution in [3.8, 4) is 11.8 Å². The summed E-state index contributed by atoms with van der Waals surface area (Å²) in [5, 5.41) is 1.44. The number of pyridine rings is 1. The molecule has 0 saturated carbocycles. The van der Waals surface area contributed by atoms with Gasteiger partial charge in [0, 0.05) is 26.6 Å². The van der Waals surface area contributed by atoms with Crippen molar-refractivity contribution in [3.05, 3.63) is 75.1 Å². The molecule has 4 heteroatoms. The van der Waals surface area contributed by atoms with Crippen LogP contribution in [0.3, 0.4) is 0 Å². The molecule has 3 aromatic rings. The van der Waals surface area contributed by atoms with Crippen molar-refractivity contribution in [2.75, 3.05) is 0 Å². The van der Waals surface area contributed by atoms with Crippen molar-refractivity contribution in [3.63, 3.8) is 0 Å². The summed E-state index contributed by atoms with van der Waals surface area (Å²) in [7, 11) is 0. The lowest BCUT2D eigenvalue weighted by molar-refractivity contribution is 0.624. The standard InChI is InChI=1S/C17H8BrClFN/c18-14-8-13-7-11(2-6-17(13)21-10-14)1-3-12-9-15(19)4-5-16(12)20/h2,4-10H. The molecule has 0 radical (unpaired) electrons. The van der Waals surface area contributed by atoms with E-state index < -0.39 is 0 Å². The molecule has 2 aromatic carbocycles. The molecule has 3 rings (SSSR count). The van der Waals surface area contributed by atoms with Crippen LogP contribution in [0, 0.1) is 17.7 Å². The largest absolute Gasteiger partial charge is 0.255 e. The number of hydrogen-bond donors (Lipinski definition) is 0. The topological polar surface area (TPSA) is 12.9 Å². The first-order valence-electron chi connectivity index (χ1n) is 6.14. The molecule has 0 spiro atoms. The Morgan fingerprint density at radius 2 is 1.90 bits per heavy atom. The van der Waals surface area contributed by atoms with E-state index in [9.17, 15) is 4.39 Å². The Labute approximate surface area is 134 Å². The third-order valence-electron chi connectivity index (χ3n) is 2.92. The Bertz CT molecular complexity index is 896. The quantitative estimate of drug-likeness (QED) is 0.503. The molecule has 0 aliphatic carbocycles. The highest BCUT2D eigenvalue weighted by atomic mass is 79.9. The predicted octanol–water partition coefficient (Wildman–Crippen LogP) is 5.19. The molecule has 0 aliphatic rings. The molecule has 102 valence electrons. The predicted molar refractivity (Wildman–Crippen MR) is 86.8 cm³/mol. The van der Waals surface area contributed by atoms with E-state index in [1.54, 1.807) is 6.20 Å². The molecular weight excluding hydrogens is 353 g/mol. The molecule has 0 amide bonds. The van der Waals surface area contributed by atoms with Crippen molar-refractivity contribution in [1.29, 1.82) is 0 Å². The first-order valence-corrected chi connectivity index (χ1v) is 7.31. The normalized spacial score (nSPS) is 10.2. The zero-order valence-corrected chi connectivity index (χ0v) is 13.0. The summed E-state index contributed by atoms with van der Waals surface area (Å²) in [5.41, 5.74) is 1.97. The summed E-state index contributed by atoms with van der Waals surface area (Å²) < 4.78 is 14.5. The van der Waals surface area contributed by atoms with Gasteiger partial charge in [-0.15, -0.1) is 0 Å². The van der Waals surface area contributed by atoms with Crippen molar-refractivity contribution in [2.45, 2.75) is 0 Å². The summed E-state index contributed by atoms with van der Waals surface area (Å²) >= 11 is 9.23. The maximum atomic E-state index is 13.6. The fourth-order valence-electron chi connectivity index (χ4n) is 1.92. The van der Waals surface area contributed by atoms with Crippen molar-refractivity contribution in [1.82, 2.24) is 4.98 Å². The molecular formula is C17H8BrClFN. The molecule has 0 bridgehead atoms. The van der Waals surface area contributed by atoms with Gasteiger partial charge in [0.1, 0.15) is 5.82 Å². The van der Waals surface area contributed by atoms with Gasteiger partial charge in [0.15, 0.2) is 0 Å². The maximum absolute atomic E-state index is 13.6. The summed E-state index contributed by atoms with van der Waals surface area (Å²) in [6.07, 6.45) is 1.75. The smallest absolute Gasteiger partial charge is 0.138 e. The third-order valence-corrected chi connectivity index (χ3v) is 3.59. The Morgan fingerprint density at radius 1 is 1.05 bits per heavy atom. The molecule has 0 saturated heterocycles. The lowest BCUT2D eigenvalue weighted by atomic mass is 10.1. The van der Waals surface area contributed by atoms with Crippen molar-refractivity contribution >= 4 is 38.4 Å². The molecule has 0 aliphatic heterocycles. The van der Waals surface area contributed by atoms with Crippen LogP contribution in [0.1, 0.15) is 11.1 Å². The van der Waals surface area contributed by atoms with E-state index in [1.165, 1.54) is 18.2 Å². The Kier molecular flexibility index (Phi) is 3.92. The molecule has 0 atom stereocenters. The van der Waals surface area contributed by atoms with Crippen molar-refractivity contribution in [2.24, 2.45) is 0 Å². The number of nitrogens with zero attached hydrogens (tertiary/aromatic N) is 1. The Balaban J connectivity index is 2.02. The summed E-state index contributed by atoms with van der Waals surface area (Å²) in [4.78, 5) is 4.29. The number of aromatic nitrogens is 1. The van der Waals surface area contributed by atoms with E-state index in [0.29, 0.717) is 5.02 Å². The summed E-state index contributed by atoms with van der Waals surface area (Å²) in [6.45, 7) is 0. The van der Waals surface area contributed by atoms with Gasteiger partial charge in [-0.3, -0.25) is 4.98 Å². The van der Waals surface area contributed by atoms with Gasteiger partial charge in [0.2, 0.25) is 0 Å². The summed E-state index contributed by atoms with van der Waals surface area (Å²) in [6, 6.07) is 12.0.